The molecule has 166 valence electrons. The third-order valence-corrected chi connectivity index (χ3v) is 6.64. The van der Waals surface area contributed by atoms with Crippen LogP contribution in [-0.2, 0) is 9.59 Å². The number of ether oxygens (including phenoxy) is 1. The summed E-state index contributed by atoms with van der Waals surface area (Å²) in [6, 6.07) is 20.1. The average molecular weight is 478 g/mol. The van der Waals surface area contributed by atoms with Gasteiger partial charge < -0.3 is 15.0 Å². The Kier molecular flexibility index (Phi) is 5.74. The summed E-state index contributed by atoms with van der Waals surface area (Å²) in [6.07, 6.45) is 0.134. The molecule has 33 heavy (non-hydrogen) atoms. The lowest BCUT2D eigenvalue weighted by Crippen LogP contribution is -2.28. The van der Waals surface area contributed by atoms with Crippen LogP contribution >= 0.6 is 22.9 Å². The first-order valence-electron chi connectivity index (χ1n) is 10.5. The van der Waals surface area contributed by atoms with Gasteiger partial charge in [0.15, 0.2) is 5.75 Å². The quantitative estimate of drug-likeness (QED) is 0.380. The molecule has 2 heterocycles. The van der Waals surface area contributed by atoms with Gasteiger partial charge in [0.25, 0.3) is 0 Å². The van der Waals surface area contributed by atoms with Crippen LogP contribution in [0.15, 0.2) is 66.7 Å². The molecule has 1 atom stereocenters. The topological polar surface area (TPSA) is 71.5 Å². The van der Waals surface area contributed by atoms with Crippen LogP contribution in [0.1, 0.15) is 11.4 Å². The Hall–Kier alpha value is -3.42. The van der Waals surface area contributed by atoms with Crippen molar-refractivity contribution in [2.45, 2.75) is 13.3 Å². The Labute approximate surface area is 199 Å². The van der Waals surface area contributed by atoms with Crippen molar-refractivity contribution in [1.82, 2.24) is 4.98 Å². The molecule has 0 saturated carbocycles. The molecule has 6 nitrogen and oxygen atoms in total. The van der Waals surface area contributed by atoms with Crippen LogP contribution in [0.2, 0.25) is 5.02 Å². The molecule has 0 aliphatic carbocycles. The predicted molar refractivity (Wildman–Crippen MR) is 131 cm³/mol. The van der Waals surface area contributed by atoms with Gasteiger partial charge >= 0.3 is 0 Å². The third kappa shape index (κ3) is 4.55. The number of anilines is 2. The van der Waals surface area contributed by atoms with E-state index in [1.165, 1.54) is 0 Å². The highest BCUT2D eigenvalue weighted by molar-refractivity contribution is 7.18. The Morgan fingerprint density at radius 1 is 1.15 bits per heavy atom. The van der Waals surface area contributed by atoms with E-state index >= 15 is 0 Å². The van der Waals surface area contributed by atoms with Crippen molar-refractivity contribution < 1.29 is 14.3 Å². The number of carbonyl (C=O) groups is 2. The summed E-state index contributed by atoms with van der Waals surface area (Å²) in [7, 11) is 0. The number of hydrogen-bond acceptors (Lipinski definition) is 5. The number of nitrogens with zero attached hydrogens (tertiary/aromatic N) is 2. The molecule has 1 N–H and O–H groups in total. The maximum absolute atomic E-state index is 13.1. The van der Waals surface area contributed by atoms with E-state index in [4.69, 9.17) is 16.3 Å². The number of benzene rings is 3. The molecule has 1 saturated heterocycles. The van der Waals surface area contributed by atoms with E-state index in [2.05, 4.69) is 10.3 Å². The largest absolute Gasteiger partial charge is 0.455 e. The Morgan fingerprint density at radius 3 is 2.79 bits per heavy atom. The first-order valence-corrected chi connectivity index (χ1v) is 11.7. The van der Waals surface area contributed by atoms with Crippen LogP contribution in [0.3, 0.4) is 0 Å². The highest BCUT2D eigenvalue weighted by Crippen LogP contribution is 2.34. The number of thiazole rings is 1. The number of para-hydroxylation sites is 1. The minimum absolute atomic E-state index is 0.0895. The van der Waals surface area contributed by atoms with Gasteiger partial charge in [-0.05, 0) is 55.5 Å². The Balaban J connectivity index is 1.33. The highest BCUT2D eigenvalue weighted by atomic mass is 35.5. The predicted octanol–water partition coefficient (Wildman–Crippen LogP) is 6.04. The highest BCUT2D eigenvalue weighted by Gasteiger charge is 2.35. The standard InChI is InChI=1S/C25H20ClN3O3S/c1-15-27-21-13-18(8-10-23(21)33-15)29-14-16(11-24(29)30)25(31)28-20-12-17(26)7-9-22(20)32-19-5-3-2-4-6-19/h2-10,12-13,16H,11,14H2,1H3,(H,28,31). The van der Waals surface area contributed by atoms with E-state index in [-0.39, 0.29) is 18.2 Å². The second-order valence-corrected chi connectivity index (χ2v) is 9.51. The summed E-state index contributed by atoms with van der Waals surface area (Å²) >= 11 is 7.78. The molecule has 1 fully saturated rings. The summed E-state index contributed by atoms with van der Waals surface area (Å²) in [5.41, 5.74) is 2.07. The molecule has 3 aromatic carbocycles. The summed E-state index contributed by atoms with van der Waals surface area (Å²) in [4.78, 5) is 32.0. The second-order valence-electron chi connectivity index (χ2n) is 7.84. The zero-order chi connectivity index (χ0) is 22.9. The number of rotatable bonds is 5. The van der Waals surface area contributed by atoms with Crippen molar-refractivity contribution in [3.63, 3.8) is 0 Å². The zero-order valence-electron chi connectivity index (χ0n) is 17.7. The molecule has 2 amide bonds. The lowest BCUT2D eigenvalue weighted by atomic mass is 10.1. The van der Waals surface area contributed by atoms with E-state index in [0.717, 1.165) is 20.9 Å². The Morgan fingerprint density at radius 2 is 1.97 bits per heavy atom. The SMILES string of the molecule is Cc1nc2cc(N3CC(C(=O)Nc4cc(Cl)ccc4Oc4ccccc4)CC3=O)ccc2s1. The molecule has 1 aliphatic rings. The van der Waals surface area contributed by atoms with Crippen molar-refractivity contribution in [2.75, 3.05) is 16.8 Å². The molecule has 8 heteroatoms. The van der Waals surface area contributed by atoms with Gasteiger partial charge in [-0.15, -0.1) is 11.3 Å². The number of aryl methyl sites for hydroxylation is 1. The first kappa shape index (κ1) is 21.4. The molecule has 1 aliphatic heterocycles. The van der Waals surface area contributed by atoms with Gasteiger partial charge in [-0.2, -0.15) is 0 Å². The van der Waals surface area contributed by atoms with Gasteiger partial charge in [-0.3, -0.25) is 9.59 Å². The molecule has 4 aromatic rings. The molecular formula is C25H20ClN3O3S. The second kappa shape index (κ2) is 8.84. The third-order valence-electron chi connectivity index (χ3n) is 5.46. The molecule has 0 radical (unpaired) electrons. The van der Waals surface area contributed by atoms with Gasteiger partial charge in [0.2, 0.25) is 11.8 Å². The molecule has 1 aromatic heterocycles. The van der Waals surface area contributed by atoms with Crippen LogP contribution in [0.5, 0.6) is 11.5 Å². The zero-order valence-corrected chi connectivity index (χ0v) is 19.3. The van der Waals surface area contributed by atoms with E-state index in [1.807, 2.05) is 55.5 Å². The van der Waals surface area contributed by atoms with Crippen LogP contribution in [-0.4, -0.2) is 23.3 Å². The summed E-state index contributed by atoms with van der Waals surface area (Å²) in [5.74, 6) is 0.286. The van der Waals surface area contributed by atoms with E-state index in [1.54, 1.807) is 34.4 Å². The summed E-state index contributed by atoms with van der Waals surface area (Å²) in [5, 5.41) is 4.35. The van der Waals surface area contributed by atoms with E-state index < -0.39 is 5.92 Å². The number of fused-ring (bicyclic) bond motifs is 1. The number of aromatic nitrogens is 1. The number of nitrogens with one attached hydrogen (secondary N) is 1. The van der Waals surface area contributed by atoms with Crippen molar-refractivity contribution in [1.29, 1.82) is 0 Å². The van der Waals surface area contributed by atoms with Gasteiger partial charge in [0, 0.05) is 23.7 Å². The van der Waals surface area contributed by atoms with Crippen molar-refractivity contribution in [3.8, 4) is 11.5 Å². The summed E-state index contributed by atoms with van der Waals surface area (Å²) < 4.78 is 7.00. The smallest absolute Gasteiger partial charge is 0.229 e. The van der Waals surface area contributed by atoms with Crippen molar-refractivity contribution >= 4 is 56.3 Å². The molecule has 0 bridgehead atoms. The van der Waals surface area contributed by atoms with Crippen LogP contribution in [0.4, 0.5) is 11.4 Å². The maximum atomic E-state index is 13.1. The fourth-order valence-electron chi connectivity index (χ4n) is 3.87. The number of amides is 2. The van der Waals surface area contributed by atoms with Gasteiger partial charge in [-0.1, -0.05) is 29.8 Å². The number of carbonyl (C=O) groups excluding carboxylic acids is 2. The van der Waals surface area contributed by atoms with E-state index in [9.17, 15) is 9.59 Å². The first-order chi connectivity index (χ1) is 16.0. The fraction of sp³-hybridized carbons (Fsp3) is 0.160. The van der Waals surface area contributed by atoms with Crippen LogP contribution < -0.4 is 15.0 Å². The maximum Gasteiger partial charge on any atom is 0.229 e. The monoisotopic (exact) mass is 477 g/mol. The van der Waals surface area contributed by atoms with E-state index in [0.29, 0.717) is 28.8 Å². The molecular weight excluding hydrogens is 458 g/mol. The molecule has 0 spiro atoms. The van der Waals surface area contributed by atoms with Gasteiger partial charge in [0.05, 0.1) is 26.8 Å². The van der Waals surface area contributed by atoms with Crippen LogP contribution in [0.25, 0.3) is 10.2 Å². The van der Waals surface area contributed by atoms with Crippen molar-refractivity contribution in [3.05, 3.63) is 76.8 Å². The summed E-state index contributed by atoms with van der Waals surface area (Å²) in [6.45, 7) is 2.26. The van der Waals surface area contributed by atoms with Crippen LogP contribution in [0, 0.1) is 12.8 Å². The lowest BCUT2D eigenvalue weighted by molar-refractivity contribution is -0.122. The van der Waals surface area contributed by atoms with Gasteiger partial charge in [-0.25, -0.2) is 4.98 Å². The molecule has 5 rings (SSSR count). The minimum atomic E-state index is -0.492. The minimum Gasteiger partial charge on any atom is -0.455 e. The van der Waals surface area contributed by atoms with Gasteiger partial charge in [0.1, 0.15) is 5.75 Å². The molecule has 1 unspecified atom stereocenters. The Bertz CT molecular complexity index is 1360. The normalized spacial score (nSPS) is 15.8. The van der Waals surface area contributed by atoms with Crippen molar-refractivity contribution in [2.24, 2.45) is 5.92 Å². The average Bonchev–Trinajstić information content (AvgIpc) is 3.37. The lowest BCUT2D eigenvalue weighted by Gasteiger charge is -2.17. The fourth-order valence-corrected chi connectivity index (χ4v) is 4.85. The number of hydrogen-bond donors (Lipinski definition) is 1. The number of halogens is 1.